The van der Waals surface area contributed by atoms with Crippen LogP contribution in [0.2, 0.25) is 0 Å². The summed E-state index contributed by atoms with van der Waals surface area (Å²) in [6, 6.07) is 16.5. The van der Waals surface area contributed by atoms with Crippen molar-refractivity contribution in [1.29, 1.82) is 0 Å². The third kappa shape index (κ3) is 4.59. The molecule has 1 aliphatic heterocycles. The Kier molecular flexibility index (Phi) is 6.54. The summed E-state index contributed by atoms with van der Waals surface area (Å²) in [6.07, 6.45) is 0. The van der Waals surface area contributed by atoms with E-state index >= 15 is 0 Å². The lowest BCUT2D eigenvalue weighted by atomic mass is 10.1. The monoisotopic (exact) mass is 480 g/mol. The first kappa shape index (κ1) is 21.6. The molecule has 164 valence electrons. The maximum absolute atomic E-state index is 13.3. The van der Waals surface area contributed by atoms with Crippen LogP contribution in [0.25, 0.3) is 10.2 Å². The Bertz CT molecular complexity index is 1170. The van der Waals surface area contributed by atoms with Gasteiger partial charge in [0.05, 0.1) is 33.0 Å². The molecule has 2 aromatic carbocycles. The van der Waals surface area contributed by atoms with E-state index in [9.17, 15) is 4.79 Å². The summed E-state index contributed by atoms with van der Waals surface area (Å²) in [5.74, 6) is 0.903. The number of fused-ring (bicyclic) bond motifs is 1. The van der Waals surface area contributed by atoms with Gasteiger partial charge in [-0.2, -0.15) is 0 Å². The van der Waals surface area contributed by atoms with Crippen molar-refractivity contribution in [1.82, 2.24) is 19.8 Å². The fourth-order valence-electron chi connectivity index (χ4n) is 3.94. The van der Waals surface area contributed by atoms with Crippen LogP contribution >= 0.6 is 34.4 Å². The Balaban J connectivity index is 1.23. The van der Waals surface area contributed by atoms with Crippen molar-refractivity contribution in [2.45, 2.75) is 23.6 Å². The number of thioether (sulfide) groups is 1. The number of aromatic nitrogens is 2. The quantitative estimate of drug-likeness (QED) is 0.338. The number of carbonyl (C=O) groups is 1. The predicted octanol–water partition coefficient (Wildman–Crippen LogP) is 5.56. The van der Waals surface area contributed by atoms with Gasteiger partial charge in [0, 0.05) is 42.2 Å². The molecule has 0 saturated carbocycles. The topological polar surface area (TPSA) is 49.3 Å². The number of hydrogen-bond donors (Lipinski definition) is 0. The van der Waals surface area contributed by atoms with Gasteiger partial charge in [0.2, 0.25) is 0 Å². The van der Waals surface area contributed by atoms with Crippen LogP contribution in [0.4, 0.5) is 0 Å². The van der Waals surface area contributed by atoms with E-state index in [4.69, 9.17) is 4.98 Å². The Morgan fingerprint density at radius 2 is 1.88 bits per heavy atom. The van der Waals surface area contributed by atoms with Gasteiger partial charge in [-0.1, -0.05) is 24.3 Å². The second kappa shape index (κ2) is 9.70. The molecule has 0 bridgehead atoms. The minimum absolute atomic E-state index is 0.124. The van der Waals surface area contributed by atoms with E-state index in [0.717, 1.165) is 58.6 Å². The highest BCUT2D eigenvalue weighted by atomic mass is 32.2. The van der Waals surface area contributed by atoms with E-state index in [1.165, 1.54) is 4.70 Å². The van der Waals surface area contributed by atoms with Crippen LogP contribution in [-0.4, -0.2) is 51.9 Å². The van der Waals surface area contributed by atoms with Gasteiger partial charge in [0.25, 0.3) is 5.91 Å². The van der Waals surface area contributed by atoms with E-state index in [0.29, 0.717) is 0 Å². The normalized spacial score (nSPS) is 15.8. The standard InChI is InChI=1S/C24H24N4OS3/c1-17(23-26-20-7-3-5-9-22(20)32-23)27-10-12-28(13-11-27)24(29)19-6-2-4-8-21(19)31-15-18-14-30-16-25-18/h2-9,14,16-17H,10-13,15H2,1H3. The Morgan fingerprint density at radius 3 is 2.66 bits per heavy atom. The number of benzene rings is 2. The number of amides is 1. The van der Waals surface area contributed by atoms with E-state index < -0.39 is 0 Å². The summed E-state index contributed by atoms with van der Waals surface area (Å²) in [5.41, 5.74) is 4.77. The fraction of sp³-hybridized carbons (Fsp3) is 0.292. The number of thiazole rings is 2. The molecule has 0 N–H and O–H groups in total. The Hall–Kier alpha value is -2.26. The first-order chi connectivity index (χ1) is 15.7. The molecule has 32 heavy (non-hydrogen) atoms. The smallest absolute Gasteiger partial charge is 0.255 e. The summed E-state index contributed by atoms with van der Waals surface area (Å²) in [4.78, 5) is 27.9. The first-order valence-corrected chi connectivity index (χ1v) is 13.4. The first-order valence-electron chi connectivity index (χ1n) is 10.7. The molecule has 0 radical (unpaired) electrons. The largest absolute Gasteiger partial charge is 0.336 e. The maximum Gasteiger partial charge on any atom is 0.255 e. The van der Waals surface area contributed by atoms with Crippen LogP contribution < -0.4 is 0 Å². The fourth-order valence-corrected chi connectivity index (χ4v) is 6.60. The molecule has 4 aromatic rings. The summed E-state index contributed by atoms with van der Waals surface area (Å²) >= 11 is 5.05. The van der Waals surface area contributed by atoms with Gasteiger partial charge in [0.15, 0.2) is 0 Å². The van der Waals surface area contributed by atoms with Crippen LogP contribution in [0.1, 0.15) is 34.0 Å². The molecule has 1 aliphatic rings. The summed E-state index contributed by atoms with van der Waals surface area (Å²) < 4.78 is 1.23. The van der Waals surface area contributed by atoms with Gasteiger partial charge < -0.3 is 4.90 Å². The highest BCUT2D eigenvalue weighted by Crippen LogP contribution is 2.31. The lowest BCUT2D eigenvalue weighted by Crippen LogP contribution is -2.49. The van der Waals surface area contributed by atoms with Crippen molar-refractivity contribution in [2.24, 2.45) is 0 Å². The SMILES string of the molecule is CC(c1nc2ccccc2s1)N1CCN(C(=O)c2ccccc2SCc2cscn2)CC1. The third-order valence-electron chi connectivity index (χ3n) is 5.79. The molecule has 1 fully saturated rings. The van der Waals surface area contributed by atoms with Crippen LogP contribution in [-0.2, 0) is 5.75 Å². The molecule has 1 atom stereocenters. The number of hydrogen-bond acceptors (Lipinski definition) is 7. The van der Waals surface area contributed by atoms with Gasteiger partial charge in [-0.3, -0.25) is 9.69 Å². The molecular formula is C24H24N4OS3. The van der Waals surface area contributed by atoms with Gasteiger partial charge in [-0.05, 0) is 31.2 Å². The van der Waals surface area contributed by atoms with Gasteiger partial charge in [-0.25, -0.2) is 9.97 Å². The minimum atomic E-state index is 0.124. The van der Waals surface area contributed by atoms with Gasteiger partial charge >= 0.3 is 0 Å². The molecule has 1 amide bonds. The van der Waals surface area contributed by atoms with E-state index in [1.54, 1.807) is 34.4 Å². The molecule has 2 aromatic heterocycles. The maximum atomic E-state index is 13.3. The Morgan fingerprint density at radius 1 is 1.09 bits per heavy atom. The molecule has 0 spiro atoms. The third-order valence-corrected chi connectivity index (χ3v) is 8.74. The van der Waals surface area contributed by atoms with Crippen molar-refractivity contribution in [3.8, 4) is 0 Å². The molecular weight excluding hydrogens is 456 g/mol. The van der Waals surface area contributed by atoms with Crippen LogP contribution in [0.15, 0.2) is 64.3 Å². The zero-order valence-corrected chi connectivity index (χ0v) is 20.3. The predicted molar refractivity (Wildman–Crippen MR) is 134 cm³/mol. The van der Waals surface area contributed by atoms with Crippen LogP contribution in [0.5, 0.6) is 0 Å². The molecule has 0 aliphatic carbocycles. The van der Waals surface area contributed by atoms with Gasteiger partial charge in [0.1, 0.15) is 5.01 Å². The zero-order valence-electron chi connectivity index (χ0n) is 17.8. The second-order valence-corrected chi connectivity index (χ2v) is 10.6. The molecule has 1 unspecified atom stereocenters. The second-order valence-electron chi connectivity index (χ2n) is 7.79. The number of para-hydroxylation sites is 1. The van der Waals surface area contributed by atoms with Crippen molar-refractivity contribution in [2.75, 3.05) is 26.2 Å². The average molecular weight is 481 g/mol. The number of nitrogens with zero attached hydrogens (tertiary/aromatic N) is 4. The molecule has 8 heteroatoms. The van der Waals surface area contributed by atoms with Crippen molar-refractivity contribution in [3.63, 3.8) is 0 Å². The van der Waals surface area contributed by atoms with E-state index in [-0.39, 0.29) is 11.9 Å². The molecule has 1 saturated heterocycles. The Labute approximate surface area is 200 Å². The lowest BCUT2D eigenvalue weighted by molar-refractivity contribution is 0.0579. The molecule has 5 rings (SSSR count). The number of rotatable bonds is 6. The zero-order chi connectivity index (χ0) is 21.9. The number of carbonyl (C=O) groups excluding carboxylic acids is 1. The summed E-state index contributed by atoms with van der Waals surface area (Å²) in [5, 5.41) is 3.21. The highest BCUT2D eigenvalue weighted by molar-refractivity contribution is 7.98. The number of piperazine rings is 1. The van der Waals surface area contributed by atoms with Crippen LogP contribution in [0, 0.1) is 0 Å². The van der Waals surface area contributed by atoms with Gasteiger partial charge in [-0.15, -0.1) is 34.4 Å². The molecule has 5 nitrogen and oxygen atoms in total. The average Bonchev–Trinajstić information content (AvgIpc) is 3.52. The van der Waals surface area contributed by atoms with Crippen LogP contribution in [0.3, 0.4) is 0 Å². The van der Waals surface area contributed by atoms with E-state index in [2.05, 4.69) is 40.4 Å². The minimum Gasteiger partial charge on any atom is -0.336 e. The summed E-state index contributed by atoms with van der Waals surface area (Å²) in [6.45, 7) is 5.41. The lowest BCUT2D eigenvalue weighted by Gasteiger charge is -2.37. The van der Waals surface area contributed by atoms with Crippen molar-refractivity contribution < 1.29 is 4.79 Å². The summed E-state index contributed by atoms with van der Waals surface area (Å²) in [7, 11) is 0. The highest BCUT2D eigenvalue weighted by Gasteiger charge is 2.27. The molecule has 3 heterocycles. The van der Waals surface area contributed by atoms with Crippen molar-refractivity contribution >= 4 is 50.6 Å². The van der Waals surface area contributed by atoms with Crippen molar-refractivity contribution in [3.05, 3.63) is 75.7 Å². The van der Waals surface area contributed by atoms with E-state index in [1.807, 2.05) is 40.7 Å².